The maximum absolute atomic E-state index is 6.04. The molecular weight excluding hydrogens is 298 g/mol. The zero-order valence-corrected chi connectivity index (χ0v) is 13.7. The molecule has 3 rings (SSSR count). The van der Waals surface area contributed by atoms with Crippen molar-refractivity contribution in [2.45, 2.75) is 23.3 Å². The third-order valence-corrected chi connectivity index (χ3v) is 5.53. The molecular formula is C18H20ClNS. The van der Waals surface area contributed by atoms with E-state index in [0.29, 0.717) is 6.04 Å². The highest BCUT2D eigenvalue weighted by molar-refractivity contribution is 7.99. The van der Waals surface area contributed by atoms with Crippen molar-refractivity contribution >= 4 is 23.4 Å². The Balaban J connectivity index is 1.57. The average Bonchev–Trinajstić information content (AvgIpc) is 3.29. The Bertz CT molecular complexity index is 587. The van der Waals surface area contributed by atoms with Gasteiger partial charge in [0.2, 0.25) is 0 Å². The highest BCUT2D eigenvalue weighted by Gasteiger charge is 2.42. The predicted molar refractivity (Wildman–Crippen MR) is 92.3 cm³/mol. The molecule has 1 aliphatic carbocycles. The van der Waals surface area contributed by atoms with E-state index in [1.807, 2.05) is 30.0 Å². The van der Waals surface area contributed by atoms with Crippen LogP contribution >= 0.6 is 23.4 Å². The van der Waals surface area contributed by atoms with Crippen LogP contribution in [0.5, 0.6) is 0 Å². The minimum atomic E-state index is 0.555. The van der Waals surface area contributed by atoms with Crippen LogP contribution in [0.1, 0.15) is 17.9 Å². The average molecular weight is 318 g/mol. The summed E-state index contributed by atoms with van der Waals surface area (Å²) < 4.78 is 0. The molecule has 0 radical (unpaired) electrons. The van der Waals surface area contributed by atoms with Crippen molar-refractivity contribution in [3.8, 4) is 0 Å². The van der Waals surface area contributed by atoms with Gasteiger partial charge in [0.1, 0.15) is 0 Å². The van der Waals surface area contributed by atoms with Crippen LogP contribution in [0.4, 0.5) is 0 Å². The van der Waals surface area contributed by atoms with Crippen molar-refractivity contribution in [1.82, 2.24) is 5.32 Å². The standard InChI is InChI=1S/C18H20ClNS/c1-20-18(12-21-15-9-5-8-14(19)10-15)17-11-16(17)13-6-3-2-4-7-13/h2-10,16-18,20H,11-12H2,1H3. The van der Waals surface area contributed by atoms with E-state index in [4.69, 9.17) is 11.6 Å². The number of hydrogen-bond acceptors (Lipinski definition) is 2. The van der Waals surface area contributed by atoms with Gasteiger partial charge in [0.05, 0.1) is 0 Å². The number of rotatable bonds is 6. The fourth-order valence-corrected chi connectivity index (χ4v) is 4.33. The molecule has 0 bridgehead atoms. The SMILES string of the molecule is CNC(CSc1cccc(Cl)c1)C1CC1c1ccccc1. The quantitative estimate of drug-likeness (QED) is 0.766. The van der Waals surface area contributed by atoms with Gasteiger partial charge >= 0.3 is 0 Å². The van der Waals surface area contributed by atoms with Gasteiger partial charge in [-0.25, -0.2) is 0 Å². The molecule has 0 aromatic heterocycles. The van der Waals surface area contributed by atoms with Crippen molar-refractivity contribution in [1.29, 1.82) is 0 Å². The van der Waals surface area contributed by atoms with Crippen molar-refractivity contribution in [2.24, 2.45) is 5.92 Å². The highest BCUT2D eigenvalue weighted by Crippen LogP contribution is 2.50. The molecule has 2 aromatic carbocycles. The lowest BCUT2D eigenvalue weighted by Crippen LogP contribution is -2.30. The molecule has 0 spiro atoms. The molecule has 0 heterocycles. The van der Waals surface area contributed by atoms with Crippen molar-refractivity contribution in [2.75, 3.05) is 12.8 Å². The van der Waals surface area contributed by atoms with E-state index in [2.05, 4.69) is 48.8 Å². The van der Waals surface area contributed by atoms with E-state index < -0.39 is 0 Å². The molecule has 0 aliphatic heterocycles. The summed E-state index contributed by atoms with van der Waals surface area (Å²) in [5.74, 6) is 2.57. The zero-order chi connectivity index (χ0) is 14.7. The number of benzene rings is 2. The van der Waals surface area contributed by atoms with E-state index >= 15 is 0 Å². The highest BCUT2D eigenvalue weighted by atomic mass is 35.5. The summed E-state index contributed by atoms with van der Waals surface area (Å²) in [5.41, 5.74) is 1.48. The van der Waals surface area contributed by atoms with E-state index in [0.717, 1.165) is 22.6 Å². The van der Waals surface area contributed by atoms with Gasteiger partial charge in [-0.15, -0.1) is 11.8 Å². The maximum atomic E-state index is 6.04. The fraction of sp³-hybridized carbons (Fsp3) is 0.333. The normalized spacial score (nSPS) is 22.0. The maximum Gasteiger partial charge on any atom is 0.0417 e. The number of hydrogen-bond donors (Lipinski definition) is 1. The second kappa shape index (κ2) is 6.87. The van der Waals surface area contributed by atoms with E-state index in [-0.39, 0.29) is 0 Å². The first kappa shape index (κ1) is 15.0. The lowest BCUT2D eigenvalue weighted by molar-refractivity contribution is 0.542. The second-order valence-electron chi connectivity index (χ2n) is 5.58. The molecule has 1 aliphatic rings. The monoisotopic (exact) mass is 317 g/mol. The fourth-order valence-electron chi connectivity index (χ4n) is 2.91. The third-order valence-electron chi connectivity index (χ3n) is 4.18. The van der Waals surface area contributed by atoms with Crippen LogP contribution in [-0.2, 0) is 0 Å². The first-order chi connectivity index (χ1) is 10.3. The van der Waals surface area contributed by atoms with E-state index in [1.54, 1.807) is 0 Å². The summed E-state index contributed by atoms with van der Waals surface area (Å²) >= 11 is 7.93. The first-order valence-corrected chi connectivity index (χ1v) is 8.75. The third kappa shape index (κ3) is 3.82. The van der Waals surface area contributed by atoms with Crippen LogP contribution in [0.15, 0.2) is 59.5 Å². The summed E-state index contributed by atoms with van der Waals surface area (Å²) in [6.45, 7) is 0. The zero-order valence-electron chi connectivity index (χ0n) is 12.1. The Morgan fingerprint density at radius 2 is 2.00 bits per heavy atom. The summed E-state index contributed by atoms with van der Waals surface area (Å²) in [4.78, 5) is 1.25. The van der Waals surface area contributed by atoms with Crippen molar-refractivity contribution < 1.29 is 0 Å². The molecule has 0 saturated heterocycles. The minimum absolute atomic E-state index is 0.555. The topological polar surface area (TPSA) is 12.0 Å². The minimum Gasteiger partial charge on any atom is -0.316 e. The predicted octanol–water partition coefficient (Wildman–Crippen LogP) is 4.82. The summed E-state index contributed by atoms with van der Waals surface area (Å²) in [5, 5.41) is 4.31. The number of nitrogens with one attached hydrogen (secondary N) is 1. The number of halogens is 1. The lowest BCUT2D eigenvalue weighted by atomic mass is 10.1. The molecule has 3 atom stereocenters. The Labute approximate surface area is 136 Å². The molecule has 0 amide bonds. The Morgan fingerprint density at radius 3 is 2.71 bits per heavy atom. The van der Waals surface area contributed by atoms with Gasteiger partial charge in [-0.2, -0.15) is 0 Å². The van der Waals surface area contributed by atoms with Gasteiger partial charge in [0.15, 0.2) is 0 Å². The number of thioether (sulfide) groups is 1. The van der Waals surface area contributed by atoms with E-state index in [1.165, 1.54) is 16.9 Å². The molecule has 1 N–H and O–H groups in total. The van der Waals surface area contributed by atoms with Gasteiger partial charge < -0.3 is 5.32 Å². The van der Waals surface area contributed by atoms with Crippen LogP contribution < -0.4 is 5.32 Å². The van der Waals surface area contributed by atoms with Gasteiger partial charge in [0.25, 0.3) is 0 Å². The first-order valence-electron chi connectivity index (χ1n) is 7.38. The van der Waals surface area contributed by atoms with Crippen LogP contribution in [-0.4, -0.2) is 18.8 Å². The van der Waals surface area contributed by atoms with Crippen molar-refractivity contribution in [3.63, 3.8) is 0 Å². The molecule has 1 fully saturated rings. The Morgan fingerprint density at radius 1 is 1.19 bits per heavy atom. The van der Waals surface area contributed by atoms with Crippen LogP contribution in [0, 0.1) is 5.92 Å². The van der Waals surface area contributed by atoms with Crippen LogP contribution in [0.2, 0.25) is 5.02 Å². The largest absolute Gasteiger partial charge is 0.316 e. The molecule has 1 nitrogen and oxygen atoms in total. The molecule has 1 saturated carbocycles. The molecule has 2 aromatic rings. The van der Waals surface area contributed by atoms with E-state index in [9.17, 15) is 0 Å². The van der Waals surface area contributed by atoms with Gasteiger partial charge in [-0.3, -0.25) is 0 Å². The Kier molecular flexibility index (Phi) is 4.89. The second-order valence-corrected chi connectivity index (χ2v) is 7.11. The van der Waals surface area contributed by atoms with Gasteiger partial charge in [0, 0.05) is 21.7 Å². The van der Waals surface area contributed by atoms with Gasteiger partial charge in [-0.05, 0) is 49.1 Å². The molecule has 3 heteroatoms. The Hall–Kier alpha value is -0.960. The lowest BCUT2D eigenvalue weighted by Gasteiger charge is -2.16. The summed E-state index contributed by atoms with van der Waals surface area (Å²) in [6.07, 6.45) is 1.30. The summed E-state index contributed by atoms with van der Waals surface area (Å²) in [7, 11) is 2.07. The molecule has 110 valence electrons. The van der Waals surface area contributed by atoms with Gasteiger partial charge in [-0.1, -0.05) is 48.0 Å². The van der Waals surface area contributed by atoms with Crippen LogP contribution in [0.3, 0.4) is 0 Å². The van der Waals surface area contributed by atoms with Crippen molar-refractivity contribution in [3.05, 3.63) is 65.2 Å². The molecule has 21 heavy (non-hydrogen) atoms. The summed E-state index contributed by atoms with van der Waals surface area (Å²) in [6, 6.07) is 19.5. The smallest absolute Gasteiger partial charge is 0.0417 e. The molecule has 3 unspecified atom stereocenters. The van der Waals surface area contributed by atoms with Crippen LogP contribution in [0.25, 0.3) is 0 Å².